The Morgan fingerprint density at radius 3 is 2.58 bits per heavy atom. The maximum Gasteiger partial charge on any atom is 0.244 e. The van der Waals surface area contributed by atoms with Gasteiger partial charge in [-0.2, -0.15) is 11.8 Å². The second-order valence-corrected chi connectivity index (χ2v) is 5.57. The number of hydrogen-bond acceptors (Lipinski definition) is 3. The van der Waals surface area contributed by atoms with Crippen LogP contribution in [0.5, 0.6) is 0 Å². The van der Waals surface area contributed by atoms with Crippen LogP contribution in [0.1, 0.15) is 18.1 Å². The summed E-state index contributed by atoms with van der Waals surface area (Å²) in [6.07, 6.45) is 5.23. The van der Waals surface area contributed by atoms with E-state index in [-0.39, 0.29) is 23.8 Å². The fourth-order valence-electron chi connectivity index (χ4n) is 1.65. The average molecular weight is 279 g/mol. The van der Waals surface area contributed by atoms with E-state index in [2.05, 4.69) is 5.32 Å². The van der Waals surface area contributed by atoms with Crippen LogP contribution in [0.15, 0.2) is 30.3 Å². The summed E-state index contributed by atoms with van der Waals surface area (Å²) >= 11 is 1.55. The second-order valence-electron chi connectivity index (χ2n) is 4.50. The molecule has 0 spiro atoms. The predicted octanol–water partition coefficient (Wildman–Crippen LogP) is 2.24. The van der Waals surface area contributed by atoms with Crippen LogP contribution in [-0.2, 0) is 4.79 Å². The molecule has 0 radical (unpaired) electrons. The second kappa shape index (κ2) is 8.02. The van der Waals surface area contributed by atoms with Crippen LogP contribution in [0.3, 0.4) is 0 Å². The van der Waals surface area contributed by atoms with Crippen molar-refractivity contribution in [3.05, 3.63) is 41.5 Å². The maximum atomic E-state index is 11.7. The van der Waals surface area contributed by atoms with Gasteiger partial charge >= 0.3 is 0 Å². The van der Waals surface area contributed by atoms with E-state index in [0.29, 0.717) is 0 Å². The van der Waals surface area contributed by atoms with E-state index in [1.165, 1.54) is 11.6 Å². The molecule has 3 nitrogen and oxygen atoms in total. The summed E-state index contributed by atoms with van der Waals surface area (Å²) in [4.78, 5) is 11.7. The van der Waals surface area contributed by atoms with Gasteiger partial charge in [-0.05, 0) is 31.7 Å². The number of aryl methyl sites for hydroxylation is 1. The topological polar surface area (TPSA) is 49.3 Å². The third kappa shape index (κ3) is 5.49. The van der Waals surface area contributed by atoms with Crippen LogP contribution in [-0.4, -0.2) is 35.2 Å². The van der Waals surface area contributed by atoms with E-state index in [0.717, 1.165) is 5.56 Å². The molecule has 1 aromatic carbocycles. The Balaban J connectivity index is 2.53. The van der Waals surface area contributed by atoms with Crippen LogP contribution < -0.4 is 5.32 Å². The van der Waals surface area contributed by atoms with E-state index >= 15 is 0 Å². The normalized spacial score (nSPS) is 14.3. The van der Waals surface area contributed by atoms with Gasteiger partial charge in [0.2, 0.25) is 5.91 Å². The van der Waals surface area contributed by atoms with Crippen molar-refractivity contribution in [3.63, 3.8) is 0 Å². The number of hydrogen-bond donors (Lipinski definition) is 2. The fraction of sp³-hybridized carbons (Fsp3) is 0.400. The van der Waals surface area contributed by atoms with Crippen LogP contribution in [0.4, 0.5) is 0 Å². The first kappa shape index (κ1) is 15.8. The molecule has 104 valence electrons. The molecule has 0 saturated carbocycles. The highest BCUT2D eigenvalue weighted by molar-refractivity contribution is 7.99. The number of aliphatic hydroxyl groups is 1. The maximum absolute atomic E-state index is 11.7. The number of carbonyl (C=O) groups is 1. The van der Waals surface area contributed by atoms with E-state index in [9.17, 15) is 4.79 Å². The Morgan fingerprint density at radius 2 is 2.05 bits per heavy atom. The molecule has 2 N–H and O–H groups in total. The number of carbonyl (C=O) groups excluding carboxylic acids is 1. The molecule has 4 heteroatoms. The number of amides is 1. The average Bonchev–Trinajstić information content (AvgIpc) is 2.39. The van der Waals surface area contributed by atoms with Crippen molar-refractivity contribution in [2.45, 2.75) is 25.1 Å². The minimum absolute atomic E-state index is 0.0247. The Morgan fingerprint density at radius 1 is 1.42 bits per heavy atom. The summed E-state index contributed by atoms with van der Waals surface area (Å²) in [6, 6.07) is 7.91. The van der Waals surface area contributed by atoms with Gasteiger partial charge in [0.1, 0.15) is 0 Å². The number of thioether (sulfide) groups is 1. The Kier molecular flexibility index (Phi) is 6.67. The SMILES string of the molecule is CSC(CO)C(C)NC(=O)/C=C/c1ccc(C)cc1. The van der Waals surface area contributed by atoms with Crippen molar-refractivity contribution in [1.29, 1.82) is 0 Å². The molecular formula is C15H21NO2S. The largest absolute Gasteiger partial charge is 0.395 e. The van der Waals surface area contributed by atoms with E-state index in [1.807, 2.05) is 44.4 Å². The lowest BCUT2D eigenvalue weighted by atomic mass is 10.1. The summed E-state index contributed by atoms with van der Waals surface area (Å²) < 4.78 is 0. The van der Waals surface area contributed by atoms with Crippen LogP contribution >= 0.6 is 11.8 Å². The van der Waals surface area contributed by atoms with Gasteiger partial charge in [0.15, 0.2) is 0 Å². The molecule has 19 heavy (non-hydrogen) atoms. The molecule has 0 aliphatic carbocycles. The summed E-state index contributed by atoms with van der Waals surface area (Å²) in [5.41, 5.74) is 2.19. The van der Waals surface area contributed by atoms with E-state index in [1.54, 1.807) is 17.8 Å². The Hall–Kier alpha value is -1.26. The molecule has 0 fully saturated rings. The summed E-state index contributed by atoms with van der Waals surface area (Å²) in [5, 5.41) is 12.0. The fourth-order valence-corrected chi connectivity index (χ4v) is 2.28. The van der Waals surface area contributed by atoms with Crippen LogP contribution in [0.2, 0.25) is 0 Å². The van der Waals surface area contributed by atoms with Gasteiger partial charge < -0.3 is 10.4 Å². The Labute approximate surface area is 119 Å². The highest BCUT2D eigenvalue weighted by Gasteiger charge is 2.15. The van der Waals surface area contributed by atoms with Gasteiger partial charge in [0, 0.05) is 17.4 Å². The number of nitrogens with one attached hydrogen (secondary N) is 1. The minimum atomic E-state index is -0.138. The molecule has 1 rings (SSSR count). The first-order valence-corrected chi connectivity index (χ1v) is 7.54. The molecule has 0 aliphatic rings. The number of aliphatic hydroxyl groups excluding tert-OH is 1. The Bertz CT molecular complexity index is 424. The standard InChI is InChI=1S/C15H21NO2S/c1-11-4-6-13(7-5-11)8-9-15(18)16-12(2)14(10-17)19-3/h4-9,12,14,17H,10H2,1-3H3,(H,16,18)/b9-8+. The van der Waals surface area contributed by atoms with E-state index in [4.69, 9.17) is 5.11 Å². The van der Waals surface area contributed by atoms with Gasteiger partial charge in [0.25, 0.3) is 0 Å². The van der Waals surface area contributed by atoms with Crippen LogP contribution in [0, 0.1) is 6.92 Å². The molecule has 2 unspecified atom stereocenters. The highest BCUT2D eigenvalue weighted by atomic mass is 32.2. The van der Waals surface area contributed by atoms with Gasteiger partial charge in [0.05, 0.1) is 6.61 Å². The highest BCUT2D eigenvalue weighted by Crippen LogP contribution is 2.10. The molecule has 0 aliphatic heterocycles. The van der Waals surface area contributed by atoms with Crippen LogP contribution in [0.25, 0.3) is 6.08 Å². The van der Waals surface area contributed by atoms with Crippen molar-refractivity contribution in [1.82, 2.24) is 5.32 Å². The molecule has 0 aromatic heterocycles. The predicted molar refractivity (Wildman–Crippen MR) is 82.2 cm³/mol. The van der Waals surface area contributed by atoms with Crippen molar-refractivity contribution >= 4 is 23.7 Å². The number of benzene rings is 1. The van der Waals surface area contributed by atoms with Crippen molar-refractivity contribution < 1.29 is 9.90 Å². The molecule has 1 amide bonds. The van der Waals surface area contributed by atoms with Gasteiger partial charge in [-0.15, -0.1) is 0 Å². The summed E-state index contributed by atoms with van der Waals surface area (Å²) in [5.74, 6) is -0.138. The third-order valence-corrected chi connectivity index (χ3v) is 4.08. The van der Waals surface area contributed by atoms with Crippen molar-refractivity contribution in [2.75, 3.05) is 12.9 Å². The number of rotatable bonds is 6. The summed E-state index contributed by atoms with van der Waals surface area (Å²) in [7, 11) is 0. The van der Waals surface area contributed by atoms with E-state index < -0.39 is 0 Å². The zero-order valence-corrected chi connectivity index (χ0v) is 12.4. The van der Waals surface area contributed by atoms with Gasteiger partial charge in [-0.25, -0.2) is 0 Å². The lowest BCUT2D eigenvalue weighted by Gasteiger charge is -2.20. The van der Waals surface area contributed by atoms with Gasteiger partial charge in [-0.1, -0.05) is 29.8 Å². The minimum Gasteiger partial charge on any atom is -0.395 e. The monoisotopic (exact) mass is 279 g/mol. The molecule has 1 aromatic rings. The molecule has 0 saturated heterocycles. The summed E-state index contributed by atoms with van der Waals surface area (Å²) in [6.45, 7) is 3.98. The first-order chi connectivity index (χ1) is 9.06. The smallest absolute Gasteiger partial charge is 0.244 e. The van der Waals surface area contributed by atoms with Crippen molar-refractivity contribution in [2.24, 2.45) is 0 Å². The van der Waals surface area contributed by atoms with Crippen molar-refractivity contribution in [3.8, 4) is 0 Å². The zero-order valence-electron chi connectivity index (χ0n) is 11.6. The lowest BCUT2D eigenvalue weighted by Crippen LogP contribution is -2.40. The van der Waals surface area contributed by atoms with Gasteiger partial charge in [-0.3, -0.25) is 4.79 Å². The molecule has 0 bridgehead atoms. The molecular weight excluding hydrogens is 258 g/mol. The molecule has 2 atom stereocenters. The quantitative estimate of drug-likeness (QED) is 0.785. The molecule has 0 heterocycles. The zero-order chi connectivity index (χ0) is 14.3. The first-order valence-electron chi connectivity index (χ1n) is 6.25. The lowest BCUT2D eigenvalue weighted by molar-refractivity contribution is -0.117. The third-order valence-electron chi connectivity index (χ3n) is 2.91.